The number of nitrogens with one attached hydrogen (secondary N) is 1. The third kappa shape index (κ3) is 6.56. The predicted molar refractivity (Wildman–Crippen MR) is 151 cm³/mol. The zero-order valence-electron chi connectivity index (χ0n) is 22.9. The molecule has 1 unspecified atom stereocenters. The number of pyridine rings is 2. The molecule has 1 saturated heterocycles. The van der Waals surface area contributed by atoms with Crippen LogP contribution in [0.4, 0.5) is 5.69 Å². The fourth-order valence-electron chi connectivity index (χ4n) is 5.43. The molecular formula is C31H38N6O. The molecule has 1 aliphatic rings. The molecule has 0 radical (unpaired) electrons. The third-order valence-electron chi connectivity index (χ3n) is 7.73. The van der Waals surface area contributed by atoms with Gasteiger partial charge < -0.3 is 15.1 Å². The Morgan fingerprint density at radius 2 is 1.89 bits per heavy atom. The maximum atomic E-state index is 12.8. The van der Waals surface area contributed by atoms with Gasteiger partial charge in [0.1, 0.15) is 11.8 Å². The Hall–Kier alpha value is -3.76. The van der Waals surface area contributed by atoms with Crippen molar-refractivity contribution in [1.82, 2.24) is 20.2 Å². The first-order valence-corrected chi connectivity index (χ1v) is 13.5. The summed E-state index contributed by atoms with van der Waals surface area (Å²) < 4.78 is 0. The van der Waals surface area contributed by atoms with E-state index >= 15 is 0 Å². The molecule has 1 atom stereocenters. The lowest BCUT2D eigenvalue weighted by molar-refractivity contribution is 0.0943. The Balaban J connectivity index is 1.32. The normalized spacial score (nSPS) is 15.0. The average molecular weight is 511 g/mol. The number of aryl methyl sites for hydroxylation is 3. The lowest BCUT2D eigenvalue weighted by Crippen LogP contribution is -2.48. The van der Waals surface area contributed by atoms with Crippen molar-refractivity contribution >= 4 is 11.6 Å². The summed E-state index contributed by atoms with van der Waals surface area (Å²) in [6.45, 7) is 11.6. The van der Waals surface area contributed by atoms with Crippen LogP contribution in [0, 0.1) is 32.1 Å². The second kappa shape index (κ2) is 12.7. The van der Waals surface area contributed by atoms with Crippen LogP contribution in [-0.4, -0.2) is 52.5 Å². The third-order valence-corrected chi connectivity index (χ3v) is 7.73. The largest absolute Gasteiger partial charge is 0.364 e. The summed E-state index contributed by atoms with van der Waals surface area (Å²) in [7, 11) is 0. The molecule has 1 fully saturated rings. The van der Waals surface area contributed by atoms with Crippen molar-refractivity contribution < 1.29 is 4.79 Å². The molecule has 0 bridgehead atoms. The number of aromatic nitrogens is 2. The van der Waals surface area contributed by atoms with E-state index in [-0.39, 0.29) is 5.91 Å². The maximum absolute atomic E-state index is 12.8. The minimum Gasteiger partial charge on any atom is -0.364 e. The summed E-state index contributed by atoms with van der Waals surface area (Å²) in [6, 6.07) is 17.4. The van der Waals surface area contributed by atoms with Crippen molar-refractivity contribution in [1.29, 1.82) is 5.26 Å². The van der Waals surface area contributed by atoms with E-state index in [9.17, 15) is 4.79 Å². The molecule has 0 aliphatic carbocycles. The van der Waals surface area contributed by atoms with E-state index in [4.69, 9.17) is 5.26 Å². The van der Waals surface area contributed by atoms with Crippen LogP contribution in [0.25, 0.3) is 0 Å². The van der Waals surface area contributed by atoms with Gasteiger partial charge in [-0.25, -0.2) is 4.98 Å². The highest BCUT2D eigenvalue weighted by atomic mass is 16.1. The molecule has 7 heteroatoms. The van der Waals surface area contributed by atoms with Gasteiger partial charge in [0.25, 0.3) is 5.91 Å². The number of hydrogen-bond donors (Lipinski definition) is 1. The lowest BCUT2D eigenvalue weighted by Gasteiger charge is -2.42. The standard InChI is InChI=1S/C31H38N6O/c1-22-10-14-33-20-26(22)21-37(28-8-6-5-7-9-28)29-12-16-36(17-13-29)24(3)11-15-34-31(38)30-23(2)18-27(19-32)35-25(30)4/h5-10,14,18,20,24,29H,11-13,15-17,21H2,1-4H3,(H,34,38). The van der Waals surface area contributed by atoms with Crippen LogP contribution in [0.1, 0.15) is 64.6 Å². The molecule has 1 aliphatic heterocycles. The molecular weight excluding hydrogens is 472 g/mol. The van der Waals surface area contributed by atoms with Gasteiger partial charge in [-0.1, -0.05) is 18.2 Å². The van der Waals surface area contributed by atoms with Gasteiger partial charge in [-0.15, -0.1) is 0 Å². The van der Waals surface area contributed by atoms with Crippen LogP contribution < -0.4 is 10.2 Å². The van der Waals surface area contributed by atoms with E-state index in [0.29, 0.717) is 35.6 Å². The Kier molecular flexibility index (Phi) is 9.09. The van der Waals surface area contributed by atoms with Gasteiger partial charge in [-0.3, -0.25) is 9.78 Å². The lowest BCUT2D eigenvalue weighted by atomic mass is 9.99. The molecule has 1 amide bonds. The molecule has 0 spiro atoms. The van der Waals surface area contributed by atoms with Crippen molar-refractivity contribution in [3.05, 3.63) is 88.5 Å². The second-order valence-electron chi connectivity index (χ2n) is 10.3. The molecule has 198 valence electrons. The van der Waals surface area contributed by atoms with Crippen molar-refractivity contribution in [3.8, 4) is 6.07 Å². The maximum Gasteiger partial charge on any atom is 0.253 e. The quantitative estimate of drug-likeness (QED) is 0.438. The minimum atomic E-state index is -0.118. The van der Waals surface area contributed by atoms with Crippen LogP contribution in [0.2, 0.25) is 0 Å². The van der Waals surface area contributed by atoms with Crippen LogP contribution in [0.5, 0.6) is 0 Å². The van der Waals surface area contributed by atoms with E-state index < -0.39 is 0 Å². The highest BCUT2D eigenvalue weighted by Gasteiger charge is 2.27. The molecule has 1 aromatic carbocycles. The van der Waals surface area contributed by atoms with E-state index in [0.717, 1.165) is 44.5 Å². The highest BCUT2D eigenvalue weighted by molar-refractivity contribution is 5.96. The number of para-hydroxylation sites is 1. The van der Waals surface area contributed by atoms with E-state index in [2.05, 4.69) is 75.3 Å². The zero-order chi connectivity index (χ0) is 27.1. The molecule has 3 aromatic rings. The SMILES string of the molecule is Cc1ccncc1CN(c1ccccc1)C1CCN(C(C)CCNC(=O)c2c(C)cc(C#N)nc2C)CC1. The van der Waals surface area contributed by atoms with Gasteiger partial charge in [0, 0.05) is 56.3 Å². The number of carbonyl (C=O) groups is 1. The minimum absolute atomic E-state index is 0.118. The Labute approximate surface area is 226 Å². The van der Waals surface area contributed by atoms with Crippen LogP contribution >= 0.6 is 0 Å². The van der Waals surface area contributed by atoms with Crippen molar-refractivity contribution in [3.63, 3.8) is 0 Å². The molecule has 2 aromatic heterocycles. The number of nitrogens with zero attached hydrogens (tertiary/aromatic N) is 5. The number of amides is 1. The van der Waals surface area contributed by atoms with E-state index in [1.807, 2.05) is 25.4 Å². The molecule has 4 rings (SSSR count). The zero-order valence-corrected chi connectivity index (χ0v) is 22.9. The molecule has 38 heavy (non-hydrogen) atoms. The fraction of sp³-hybridized carbons (Fsp3) is 0.419. The predicted octanol–water partition coefficient (Wildman–Crippen LogP) is 4.95. The summed E-state index contributed by atoms with van der Waals surface area (Å²) >= 11 is 0. The summed E-state index contributed by atoms with van der Waals surface area (Å²) in [5.41, 5.74) is 6.09. The van der Waals surface area contributed by atoms with Gasteiger partial charge in [-0.05, 0) is 87.9 Å². The molecule has 7 nitrogen and oxygen atoms in total. The van der Waals surface area contributed by atoms with Crippen LogP contribution in [0.3, 0.4) is 0 Å². The van der Waals surface area contributed by atoms with Crippen molar-refractivity contribution in [2.24, 2.45) is 0 Å². The van der Waals surface area contributed by atoms with E-state index in [1.54, 1.807) is 13.0 Å². The number of nitriles is 1. The first kappa shape index (κ1) is 27.3. The number of anilines is 1. The van der Waals surface area contributed by atoms with Gasteiger partial charge in [0.15, 0.2) is 0 Å². The van der Waals surface area contributed by atoms with Crippen molar-refractivity contribution in [2.45, 2.75) is 65.6 Å². The number of likely N-dealkylation sites (tertiary alicyclic amines) is 1. The summed E-state index contributed by atoms with van der Waals surface area (Å²) in [5.74, 6) is -0.118. The second-order valence-corrected chi connectivity index (χ2v) is 10.3. The van der Waals surface area contributed by atoms with Crippen LogP contribution in [0.15, 0.2) is 54.9 Å². The monoisotopic (exact) mass is 510 g/mol. The number of benzene rings is 1. The first-order chi connectivity index (χ1) is 18.4. The molecule has 1 N–H and O–H groups in total. The Morgan fingerprint density at radius 1 is 1.16 bits per heavy atom. The van der Waals surface area contributed by atoms with Crippen LogP contribution in [-0.2, 0) is 6.54 Å². The van der Waals surface area contributed by atoms with Gasteiger partial charge >= 0.3 is 0 Å². The van der Waals surface area contributed by atoms with Gasteiger partial charge in [0.05, 0.1) is 11.3 Å². The summed E-state index contributed by atoms with van der Waals surface area (Å²) in [5, 5.41) is 12.2. The highest BCUT2D eigenvalue weighted by Crippen LogP contribution is 2.27. The summed E-state index contributed by atoms with van der Waals surface area (Å²) in [6.07, 6.45) is 6.93. The first-order valence-electron chi connectivity index (χ1n) is 13.5. The Bertz CT molecular complexity index is 1250. The van der Waals surface area contributed by atoms with Gasteiger partial charge in [-0.2, -0.15) is 5.26 Å². The molecule has 3 heterocycles. The van der Waals surface area contributed by atoms with Gasteiger partial charge in [0.2, 0.25) is 0 Å². The number of piperidine rings is 1. The topological polar surface area (TPSA) is 85.2 Å². The molecule has 0 saturated carbocycles. The Morgan fingerprint density at radius 3 is 2.55 bits per heavy atom. The number of hydrogen-bond acceptors (Lipinski definition) is 6. The number of carbonyl (C=O) groups excluding carboxylic acids is 1. The smallest absolute Gasteiger partial charge is 0.253 e. The fourth-order valence-corrected chi connectivity index (χ4v) is 5.43. The number of rotatable bonds is 9. The average Bonchev–Trinajstić information content (AvgIpc) is 2.92. The summed E-state index contributed by atoms with van der Waals surface area (Å²) in [4.78, 5) is 26.5. The van der Waals surface area contributed by atoms with E-state index in [1.165, 1.54) is 16.8 Å². The van der Waals surface area contributed by atoms with Crippen molar-refractivity contribution in [2.75, 3.05) is 24.5 Å².